The van der Waals surface area contributed by atoms with E-state index in [0.29, 0.717) is 22.8 Å². The molecule has 0 radical (unpaired) electrons. The molecule has 5 aromatic rings. The van der Waals surface area contributed by atoms with E-state index in [1.807, 2.05) is 46.4 Å². The van der Waals surface area contributed by atoms with Crippen molar-refractivity contribution in [2.75, 3.05) is 5.32 Å². The number of benzene rings is 1. The maximum atomic E-state index is 12.4. The second kappa shape index (κ2) is 6.26. The number of carbonyl (C=O) groups excluding carboxylic acids is 1. The summed E-state index contributed by atoms with van der Waals surface area (Å²) in [5, 5.41) is 11.7. The average molecular weight is 375 g/mol. The molecule has 0 saturated heterocycles. The number of nitrogens with zero attached hydrogens (tertiary/aromatic N) is 3. The molecule has 0 atom stereocenters. The van der Waals surface area contributed by atoms with Crippen molar-refractivity contribution < 1.29 is 9.21 Å². The Hall–Kier alpha value is -3.65. The molecule has 0 saturated carbocycles. The van der Waals surface area contributed by atoms with Gasteiger partial charge in [0.1, 0.15) is 5.69 Å². The van der Waals surface area contributed by atoms with E-state index in [4.69, 9.17) is 4.42 Å². The van der Waals surface area contributed by atoms with Crippen LogP contribution in [0.15, 0.2) is 70.9 Å². The van der Waals surface area contributed by atoms with Gasteiger partial charge in [-0.1, -0.05) is 12.1 Å². The minimum Gasteiger partial charge on any atom is -0.463 e. The number of furan rings is 1. The summed E-state index contributed by atoms with van der Waals surface area (Å²) >= 11 is 1.59. The largest absolute Gasteiger partial charge is 0.463 e. The summed E-state index contributed by atoms with van der Waals surface area (Å²) < 4.78 is 7.28. The van der Waals surface area contributed by atoms with Crippen LogP contribution in [0.25, 0.3) is 27.7 Å². The summed E-state index contributed by atoms with van der Waals surface area (Å²) in [6.45, 7) is 0. The Balaban J connectivity index is 1.32. The summed E-state index contributed by atoms with van der Waals surface area (Å²) in [6, 6.07) is 12.8. The van der Waals surface area contributed by atoms with E-state index in [-0.39, 0.29) is 5.91 Å². The van der Waals surface area contributed by atoms with E-state index in [1.54, 1.807) is 35.8 Å². The summed E-state index contributed by atoms with van der Waals surface area (Å²) in [5.41, 5.74) is 3.52. The van der Waals surface area contributed by atoms with Gasteiger partial charge in [0, 0.05) is 35.1 Å². The van der Waals surface area contributed by atoms with Crippen LogP contribution in [0.1, 0.15) is 10.5 Å². The van der Waals surface area contributed by atoms with Crippen LogP contribution in [0, 0.1) is 0 Å². The lowest BCUT2D eigenvalue weighted by atomic mass is 10.1. The van der Waals surface area contributed by atoms with Gasteiger partial charge in [0.25, 0.3) is 5.91 Å². The topological polar surface area (TPSA) is 88.2 Å². The first-order valence-corrected chi connectivity index (χ1v) is 9.07. The van der Waals surface area contributed by atoms with Crippen molar-refractivity contribution in [1.82, 2.24) is 19.6 Å². The van der Waals surface area contributed by atoms with Crippen LogP contribution < -0.4 is 5.32 Å². The molecule has 27 heavy (non-hydrogen) atoms. The number of imidazole rings is 1. The summed E-state index contributed by atoms with van der Waals surface area (Å²) in [6.07, 6.45) is 5.53. The predicted molar refractivity (Wildman–Crippen MR) is 103 cm³/mol. The first-order chi connectivity index (χ1) is 13.3. The zero-order valence-corrected chi connectivity index (χ0v) is 14.7. The molecule has 0 spiro atoms. The number of carbonyl (C=O) groups is 1. The van der Waals surface area contributed by atoms with Crippen molar-refractivity contribution in [2.45, 2.75) is 0 Å². The van der Waals surface area contributed by atoms with E-state index in [0.717, 1.165) is 16.2 Å². The van der Waals surface area contributed by atoms with Crippen LogP contribution >= 0.6 is 11.3 Å². The van der Waals surface area contributed by atoms with Crippen molar-refractivity contribution in [3.05, 3.63) is 72.2 Å². The number of H-pyrrole nitrogens is 1. The van der Waals surface area contributed by atoms with Gasteiger partial charge in [-0.25, -0.2) is 4.98 Å². The van der Waals surface area contributed by atoms with Gasteiger partial charge in [-0.2, -0.15) is 5.10 Å². The van der Waals surface area contributed by atoms with Gasteiger partial charge in [0.05, 0.1) is 12.0 Å². The molecule has 0 aliphatic rings. The average Bonchev–Trinajstić information content (AvgIpc) is 3.45. The molecule has 1 amide bonds. The highest BCUT2D eigenvalue weighted by Crippen LogP contribution is 2.23. The Labute approximate surface area is 157 Å². The lowest BCUT2D eigenvalue weighted by Gasteiger charge is -2.04. The lowest BCUT2D eigenvalue weighted by Crippen LogP contribution is -2.12. The molecule has 7 nitrogen and oxygen atoms in total. The first-order valence-electron chi connectivity index (χ1n) is 8.19. The normalized spacial score (nSPS) is 11.1. The van der Waals surface area contributed by atoms with Crippen LogP contribution in [0.3, 0.4) is 0 Å². The maximum Gasteiger partial charge on any atom is 0.276 e. The number of aromatic amines is 1. The Morgan fingerprint density at radius 2 is 2.11 bits per heavy atom. The molecule has 4 heterocycles. The SMILES string of the molecule is O=C(Nc1ccc(-c2cn3ccsc3n2)cc1)c1cc(-c2ccco2)[nH]n1. The molecule has 1 aromatic carbocycles. The highest BCUT2D eigenvalue weighted by atomic mass is 32.1. The second-order valence-corrected chi connectivity index (χ2v) is 6.77. The number of anilines is 1. The van der Waals surface area contributed by atoms with E-state index in [1.165, 1.54) is 0 Å². The molecular weight excluding hydrogens is 362 g/mol. The first kappa shape index (κ1) is 15.6. The Morgan fingerprint density at radius 3 is 2.89 bits per heavy atom. The number of hydrogen-bond donors (Lipinski definition) is 2. The van der Waals surface area contributed by atoms with Gasteiger partial charge in [-0.15, -0.1) is 11.3 Å². The molecule has 0 aliphatic heterocycles. The zero-order valence-electron chi connectivity index (χ0n) is 13.9. The fourth-order valence-electron chi connectivity index (χ4n) is 2.78. The van der Waals surface area contributed by atoms with Crippen molar-refractivity contribution in [1.29, 1.82) is 0 Å². The van der Waals surface area contributed by atoms with Gasteiger partial charge >= 0.3 is 0 Å². The van der Waals surface area contributed by atoms with Gasteiger partial charge in [-0.05, 0) is 24.3 Å². The molecule has 0 bridgehead atoms. The number of nitrogens with one attached hydrogen (secondary N) is 2. The molecule has 8 heteroatoms. The standard InChI is InChI=1S/C19H13N5O2S/c25-18(15-10-14(22-23-15)17-2-1-8-26-17)20-13-5-3-12(4-6-13)16-11-24-7-9-27-19(24)21-16/h1-11H,(H,20,25)(H,22,23). The van der Waals surface area contributed by atoms with Crippen molar-refractivity contribution in [3.63, 3.8) is 0 Å². The minimum absolute atomic E-state index is 0.291. The highest BCUT2D eigenvalue weighted by molar-refractivity contribution is 7.15. The molecule has 2 N–H and O–H groups in total. The molecule has 0 unspecified atom stereocenters. The summed E-state index contributed by atoms with van der Waals surface area (Å²) in [4.78, 5) is 17.9. The van der Waals surface area contributed by atoms with Gasteiger partial charge in [-0.3, -0.25) is 14.3 Å². The van der Waals surface area contributed by atoms with E-state index in [9.17, 15) is 4.79 Å². The van der Waals surface area contributed by atoms with Crippen molar-refractivity contribution in [2.24, 2.45) is 0 Å². The smallest absolute Gasteiger partial charge is 0.276 e. The molecule has 0 fully saturated rings. The minimum atomic E-state index is -0.292. The van der Waals surface area contributed by atoms with Crippen molar-refractivity contribution >= 4 is 27.9 Å². The number of thiazole rings is 1. The Kier molecular flexibility index (Phi) is 3.61. The molecule has 5 rings (SSSR count). The summed E-state index contributed by atoms with van der Waals surface area (Å²) in [5.74, 6) is 0.338. The fraction of sp³-hybridized carbons (Fsp3) is 0. The quantitative estimate of drug-likeness (QED) is 0.490. The van der Waals surface area contributed by atoms with Gasteiger partial charge < -0.3 is 9.73 Å². The monoisotopic (exact) mass is 375 g/mol. The number of amides is 1. The molecule has 4 aromatic heterocycles. The molecule has 0 aliphatic carbocycles. The van der Waals surface area contributed by atoms with Crippen molar-refractivity contribution in [3.8, 4) is 22.7 Å². The van der Waals surface area contributed by atoms with Crippen LogP contribution in [0.2, 0.25) is 0 Å². The van der Waals surface area contributed by atoms with Crippen LogP contribution in [0.5, 0.6) is 0 Å². The van der Waals surface area contributed by atoms with Gasteiger partial charge in [0.2, 0.25) is 0 Å². The number of rotatable bonds is 4. The lowest BCUT2D eigenvalue weighted by molar-refractivity contribution is 0.102. The third-order valence-electron chi connectivity index (χ3n) is 4.13. The fourth-order valence-corrected chi connectivity index (χ4v) is 3.48. The van der Waals surface area contributed by atoms with Crippen LogP contribution in [-0.4, -0.2) is 25.5 Å². The third-order valence-corrected chi connectivity index (χ3v) is 4.90. The molecule has 132 valence electrons. The van der Waals surface area contributed by atoms with Gasteiger partial charge in [0.15, 0.2) is 16.4 Å². The number of fused-ring (bicyclic) bond motifs is 1. The third kappa shape index (κ3) is 2.91. The second-order valence-electron chi connectivity index (χ2n) is 5.89. The van der Waals surface area contributed by atoms with Crippen LogP contribution in [0.4, 0.5) is 5.69 Å². The number of hydrogen-bond acceptors (Lipinski definition) is 5. The van der Waals surface area contributed by atoms with E-state index >= 15 is 0 Å². The maximum absolute atomic E-state index is 12.4. The Bertz CT molecular complexity index is 1190. The summed E-state index contributed by atoms with van der Waals surface area (Å²) in [7, 11) is 0. The number of aromatic nitrogens is 4. The zero-order chi connectivity index (χ0) is 18.2. The van der Waals surface area contributed by atoms with Crippen LogP contribution in [-0.2, 0) is 0 Å². The Morgan fingerprint density at radius 1 is 1.22 bits per heavy atom. The van der Waals surface area contributed by atoms with E-state index in [2.05, 4.69) is 20.5 Å². The van der Waals surface area contributed by atoms with E-state index < -0.39 is 0 Å². The molecular formula is C19H13N5O2S. The predicted octanol–water partition coefficient (Wildman–Crippen LogP) is 4.30. The highest BCUT2D eigenvalue weighted by Gasteiger charge is 2.13.